The molecule has 4 heteroatoms. The summed E-state index contributed by atoms with van der Waals surface area (Å²) in [7, 11) is 0.295. The molecule has 0 saturated carbocycles. The molecule has 88 valence electrons. The molecule has 0 unspecified atom stereocenters. The Kier molecular flexibility index (Phi) is 27.8. The van der Waals surface area contributed by atoms with Crippen LogP contribution >= 0.6 is 0 Å². The molecule has 0 aromatic heterocycles. The summed E-state index contributed by atoms with van der Waals surface area (Å²) in [6, 6.07) is 0. The van der Waals surface area contributed by atoms with Gasteiger partial charge in [-0.2, -0.15) is 0 Å². The third-order valence-corrected chi connectivity index (χ3v) is 7.72. The zero-order valence-electron chi connectivity index (χ0n) is 7.08. The van der Waals surface area contributed by atoms with Crippen molar-refractivity contribution in [2.75, 3.05) is 7.05 Å². The molecule has 0 spiro atoms. The standard InChI is InChI=1S/C5H18N2Si2.4CH4/c1-6-9(4,5)7-8(2)3;;;;/h6-8H,1-5H3;4*1H4. The molecule has 13 heavy (non-hydrogen) atoms. The van der Waals surface area contributed by atoms with E-state index in [2.05, 4.69) is 35.8 Å². The van der Waals surface area contributed by atoms with Gasteiger partial charge in [0, 0.05) is 0 Å². The molecule has 2 N–H and O–H groups in total. The van der Waals surface area contributed by atoms with Crippen LogP contribution < -0.4 is 9.63 Å². The predicted octanol–water partition coefficient (Wildman–Crippen LogP) is 3.03. The second-order valence-electron chi connectivity index (χ2n) is 3.17. The van der Waals surface area contributed by atoms with Crippen molar-refractivity contribution in [3.05, 3.63) is 0 Å². The van der Waals surface area contributed by atoms with Gasteiger partial charge in [-0.1, -0.05) is 42.8 Å². The lowest BCUT2D eigenvalue weighted by Crippen LogP contribution is -2.59. The highest BCUT2D eigenvalue weighted by Crippen LogP contribution is 1.89. The minimum Gasteiger partial charge on any atom is -0.350 e. The normalized spacial score (nSPS) is 8.77. The molecule has 0 bridgehead atoms. The van der Waals surface area contributed by atoms with Crippen molar-refractivity contribution in [2.45, 2.75) is 55.9 Å². The summed E-state index contributed by atoms with van der Waals surface area (Å²) in [4.78, 5) is 3.34. The third kappa shape index (κ3) is 19.0. The Morgan fingerprint density at radius 3 is 1.31 bits per heavy atom. The van der Waals surface area contributed by atoms with E-state index < -0.39 is 17.4 Å². The lowest BCUT2D eigenvalue weighted by Gasteiger charge is -2.24. The Labute approximate surface area is 90.4 Å². The van der Waals surface area contributed by atoms with Gasteiger partial charge in [0.2, 0.25) is 0 Å². The average Bonchev–Trinajstić information content (AvgIpc) is 1.63. The molecule has 0 saturated heterocycles. The van der Waals surface area contributed by atoms with Gasteiger partial charge in [0.1, 0.15) is 0 Å². The van der Waals surface area contributed by atoms with E-state index >= 15 is 0 Å². The molecule has 0 radical (unpaired) electrons. The number of nitrogens with one attached hydrogen (secondary N) is 2. The van der Waals surface area contributed by atoms with Crippen molar-refractivity contribution in [3.8, 4) is 0 Å². The smallest absolute Gasteiger partial charge is 0.188 e. The van der Waals surface area contributed by atoms with E-state index in [4.69, 9.17) is 0 Å². The molecule has 0 aliphatic carbocycles. The quantitative estimate of drug-likeness (QED) is 0.723. The molecule has 0 heterocycles. The maximum absolute atomic E-state index is 3.64. The third-order valence-electron chi connectivity index (χ3n) is 1.27. The number of hydrogen-bond donors (Lipinski definition) is 2. The lowest BCUT2D eigenvalue weighted by atomic mass is 11.6. The average molecular weight is 227 g/mol. The Morgan fingerprint density at radius 2 is 1.23 bits per heavy atom. The van der Waals surface area contributed by atoms with E-state index in [0.717, 1.165) is 0 Å². The van der Waals surface area contributed by atoms with Crippen LogP contribution in [0, 0.1) is 0 Å². The van der Waals surface area contributed by atoms with Crippen molar-refractivity contribution < 1.29 is 0 Å². The number of rotatable bonds is 3. The van der Waals surface area contributed by atoms with E-state index in [1.807, 2.05) is 7.05 Å². The monoisotopic (exact) mass is 226 g/mol. The van der Waals surface area contributed by atoms with Crippen LogP contribution in [0.2, 0.25) is 26.2 Å². The predicted molar refractivity (Wildman–Crippen MR) is 75.5 cm³/mol. The summed E-state index contributed by atoms with van der Waals surface area (Å²) in [5, 5.41) is 0. The molecule has 0 amide bonds. The lowest BCUT2D eigenvalue weighted by molar-refractivity contribution is 1.10. The molecule has 0 fully saturated rings. The van der Waals surface area contributed by atoms with Crippen molar-refractivity contribution in [1.29, 1.82) is 0 Å². The first kappa shape index (κ1) is 29.2. The first-order chi connectivity index (χ1) is 3.98. The molecular weight excluding hydrogens is 192 g/mol. The second-order valence-corrected chi connectivity index (χ2v) is 10.4. The van der Waals surface area contributed by atoms with Crippen LogP contribution in [0.3, 0.4) is 0 Å². The van der Waals surface area contributed by atoms with Gasteiger partial charge in [-0.3, -0.25) is 0 Å². The zero-order chi connectivity index (χ0) is 7.49. The molecule has 0 aliphatic heterocycles. The van der Waals surface area contributed by atoms with Crippen molar-refractivity contribution in [1.82, 2.24) is 9.63 Å². The first-order valence-corrected chi connectivity index (χ1v) is 9.33. The van der Waals surface area contributed by atoms with Gasteiger partial charge in [-0.25, -0.2) is 0 Å². The Hall–Kier alpha value is 0.354. The fourth-order valence-corrected chi connectivity index (χ4v) is 7.14. The Morgan fingerprint density at radius 1 is 0.923 bits per heavy atom. The fourth-order valence-electron chi connectivity index (χ4n) is 0.794. The van der Waals surface area contributed by atoms with E-state index in [1.54, 1.807) is 0 Å². The topological polar surface area (TPSA) is 24.1 Å². The van der Waals surface area contributed by atoms with Crippen molar-refractivity contribution >= 4 is 17.4 Å². The van der Waals surface area contributed by atoms with Gasteiger partial charge in [-0.05, 0) is 20.1 Å². The van der Waals surface area contributed by atoms with Gasteiger partial charge in [0.05, 0.1) is 8.96 Å². The highest BCUT2D eigenvalue weighted by molar-refractivity contribution is 6.82. The highest BCUT2D eigenvalue weighted by Gasteiger charge is 2.18. The summed E-state index contributed by atoms with van der Waals surface area (Å²) in [6.07, 6.45) is 0. The van der Waals surface area contributed by atoms with Crippen LogP contribution in [0.4, 0.5) is 0 Å². The van der Waals surface area contributed by atoms with Crippen molar-refractivity contribution in [3.63, 3.8) is 0 Å². The van der Waals surface area contributed by atoms with Crippen LogP contribution in [-0.4, -0.2) is 24.4 Å². The first-order valence-electron chi connectivity index (χ1n) is 3.44. The van der Waals surface area contributed by atoms with Gasteiger partial charge in [0.25, 0.3) is 0 Å². The van der Waals surface area contributed by atoms with Gasteiger partial charge >= 0.3 is 0 Å². The molecule has 2 nitrogen and oxygen atoms in total. The molecule has 0 aromatic carbocycles. The van der Waals surface area contributed by atoms with E-state index in [1.165, 1.54) is 0 Å². The molecule has 0 rings (SSSR count). The molecule has 0 aliphatic rings. The minimum absolute atomic E-state index is 0. The summed E-state index contributed by atoms with van der Waals surface area (Å²) >= 11 is 0. The van der Waals surface area contributed by atoms with Gasteiger partial charge < -0.3 is 9.63 Å². The van der Waals surface area contributed by atoms with E-state index in [9.17, 15) is 0 Å². The maximum atomic E-state index is 3.64. The Bertz CT molecular complexity index is 85.7. The highest BCUT2D eigenvalue weighted by atomic mass is 28.4. The van der Waals surface area contributed by atoms with Crippen LogP contribution in [0.15, 0.2) is 0 Å². The van der Waals surface area contributed by atoms with E-state index in [0.29, 0.717) is 0 Å². The minimum atomic E-state index is -1.18. The zero-order valence-corrected chi connectivity index (χ0v) is 9.23. The van der Waals surface area contributed by atoms with Crippen molar-refractivity contribution in [2.24, 2.45) is 0 Å². The molecule has 0 aromatic rings. The van der Waals surface area contributed by atoms with Gasteiger partial charge in [0.15, 0.2) is 8.40 Å². The summed E-state index contributed by atoms with van der Waals surface area (Å²) in [6.45, 7) is 9.21. The van der Waals surface area contributed by atoms with Crippen LogP contribution in [0.1, 0.15) is 29.7 Å². The largest absolute Gasteiger partial charge is 0.350 e. The number of hydrogen-bond acceptors (Lipinski definition) is 2. The fraction of sp³-hybridized carbons (Fsp3) is 1.00. The summed E-state index contributed by atoms with van der Waals surface area (Å²) in [5.41, 5.74) is 0. The van der Waals surface area contributed by atoms with Crippen LogP contribution in [0.25, 0.3) is 0 Å². The molecule has 0 atom stereocenters. The molecular formula is C9H34N2Si2. The Balaban J connectivity index is -0.0000000533. The SMILES string of the molecule is C.C.C.C.CN[Si](C)(C)N[SiH](C)C. The van der Waals surface area contributed by atoms with Crippen LogP contribution in [-0.2, 0) is 0 Å². The van der Waals surface area contributed by atoms with Crippen LogP contribution in [0.5, 0.6) is 0 Å². The summed E-state index contributed by atoms with van der Waals surface area (Å²) in [5.74, 6) is 0. The van der Waals surface area contributed by atoms with E-state index in [-0.39, 0.29) is 29.7 Å². The maximum Gasteiger partial charge on any atom is 0.188 e. The summed E-state index contributed by atoms with van der Waals surface area (Å²) < 4.78 is 3.64. The van der Waals surface area contributed by atoms with Gasteiger partial charge in [-0.15, -0.1) is 0 Å². The second kappa shape index (κ2) is 12.4.